The summed E-state index contributed by atoms with van der Waals surface area (Å²) in [5.74, 6) is 2.58. The van der Waals surface area contributed by atoms with Gasteiger partial charge < -0.3 is 14.2 Å². The summed E-state index contributed by atoms with van der Waals surface area (Å²) < 4.78 is 7.41. The number of methoxy groups -OCH3 is 1. The van der Waals surface area contributed by atoms with Gasteiger partial charge in [-0.2, -0.15) is 0 Å². The highest BCUT2D eigenvalue weighted by molar-refractivity contribution is 8.00. The van der Waals surface area contributed by atoms with Crippen LogP contribution >= 0.6 is 11.8 Å². The van der Waals surface area contributed by atoms with Gasteiger partial charge in [0.05, 0.1) is 12.4 Å². The molecule has 1 aromatic carbocycles. The van der Waals surface area contributed by atoms with Crippen LogP contribution in [0.25, 0.3) is 11.4 Å². The molecule has 0 aliphatic carbocycles. The smallest absolute Gasteiger partial charge is 0.235 e. The van der Waals surface area contributed by atoms with E-state index in [0.717, 1.165) is 67.6 Å². The normalized spacial score (nSPS) is 16.1. The number of amides is 1. The van der Waals surface area contributed by atoms with Crippen molar-refractivity contribution >= 4 is 17.7 Å². The molecule has 0 saturated carbocycles. The van der Waals surface area contributed by atoms with Crippen LogP contribution in [0.5, 0.6) is 5.75 Å². The number of unbranched alkanes of at least 4 members (excludes halogenated alkanes) is 1. The van der Waals surface area contributed by atoms with Gasteiger partial charge in [-0.3, -0.25) is 4.79 Å². The van der Waals surface area contributed by atoms with Crippen LogP contribution in [0.2, 0.25) is 0 Å². The molecule has 2 heterocycles. The third kappa shape index (κ3) is 5.32. The number of hydrogen-bond acceptors (Lipinski definition) is 5. The van der Waals surface area contributed by atoms with Gasteiger partial charge in [0.2, 0.25) is 5.91 Å². The molecule has 1 atom stereocenters. The highest BCUT2D eigenvalue weighted by Crippen LogP contribution is 2.29. The predicted molar refractivity (Wildman–Crippen MR) is 117 cm³/mol. The second-order valence-electron chi connectivity index (χ2n) is 7.81. The standard InChI is InChI=1S/C22H32N4O2S/c1-5-6-13-26-20(18-7-9-19(28-4)10-8-18)23-24-22(26)29-17(3)21(27)25-14-11-16(2)12-15-25/h7-10,16-17H,5-6,11-15H2,1-4H3. The molecule has 29 heavy (non-hydrogen) atoms. The first-order chi connectivity index (χ1) is 14.0. The van der Waals surface area contributed by atoms with Crippen LogP contribution in [0.4, 0.5) is 0 Å². The van der Waals surface area contributed by atoms with Gasteiger partial charge in [-0.15, -0.1) is 10.2 Å². The lowest BCUT2D eigenvalue weighted by Gasteiger charge is -2.32. The molecule has 1 saturated heterocycles. The average molecular weight is 417 g/mol. The Morgan fingerprint density at radius 3 is 2.55 bits per heavy atom. The van der Waals surface area contributed by atoms with E-state index in [-0.39, 0.29) is 11.2 Å². The topological polar surface area (TPSA) is 60.2 Å². The molecule has 1 amide bonds. The van der Waals surface area contributed by atoms with Gasteiger partial charge in [0, 0.05) is 25.2 Å². The van der Waals surface area contributed by atoms with E-state index >= 15 is 0 Å². The molecule has 2 aromatic rings. The van der Waals surface area contributed by atoms with E-state index in [4.69, 9.17) is 4.74 Å². The van der Waals surface area contributed by atoms with E-state index in [1.54, 1.807) is 7.11 Å². The maximum Gasteiger partial charge on any atom is 0.235 e. The Balaban J connectivity index is 1.77. The summed E-state index contributed by atoms with van der Waals surface area (Å²) in [5, 5.41) is 9.54. The van der Waals surface area contributed by atoms with Gasteiger partial charge in [-0.05, 0) is 56.4 Å². The Hall–Kier alpha value is -2.02. The molecule has 0 bridgehead atoms. The maximum absolute atomic E-state index is 12.9. The van der Waals surface area contributed by atoms with Crippen molar-refractivity contribution in [1.29, 1.82) is 0 Å². The van der Waals surface area contributed by atoms with Gasteiger partial charge in [0.25, 0.3) is 0 Å². The molecule has 1 aromatic heterocycles. The molecule has 0 spiro atoms. The lowest BCUT2D eigenvalue weighted by molar-refractivity contribution is -0.131. The van der Waals surface area contributed by atoms with E-state index in [9.17, 15) is 4.79 Å². The van der Waals surface area contributed by atoms with Crippen molar-refractivity contribution in [3.63, 3.8) is 0 Å². The number of aromatic nitrogens is 3. The first kappa shape index (κ1) is 21.7. The third-order valence-corrected chi connectivity index (χ3v) is 6.59. The fourth-order valence-electron chi connectivity index (χ4n) is 3.54. The Labute approximate surface area is 178 Å². The van der Waals surface area contributed by atoms with E-state index in [1.807, 2.05) is 36.1 Å². The summed E-state index contributed by atoms with van der Waals surface area (Å²) in [6.07, 6.45) is 4.32. The van der Waals surface area contributed by atoms with E-state index in [2.05, 4.69) is 28.6 Å². The maximum atomic E-state index is 12.9. The molecular formula is C22H32N4O2S. The molecule has 1 fully saturated rings. The number of carbonyl (C=O) groups is 1. The van der Waals surface area contributed by atoms with E-state index in [0.29, 0.717) is 5.92 Å². The first-order valence-corrected chi connectivity index (χ1v) is 11.4. The van der Waals surface area contributed by atoms with Crippen molar-refractivity contribution in [2.24, 2.45) is 5.92 Å². The molecule has 7 heteroatoms. The Bertz CT molecular complexity index is 798. The summed E-state index contributed by atoms with van der Waals surface area (Å²) in [6.45, 7) is 8.99. The number of ether oxygens (including phenoxy) is 1. The summed E-state index contributed by atoms with van der Waals surface area (Å²) in [7, 11) is 1.66. The van der Waals surface area contributed by atoms with Crippen LogP contribution in [-0.2, 0) is 11.3 Å². The molecule has 6 nitrogen and oxygen atoms in total. The molecule has 1 aliphatic rings. The fourth-order valence-corrected chi connectivity index (χ4v) is 4.50. The van der Waals surface area contributed by atoms with Crippen LogP contribution in [0, 0.1) is 5.92 Å². The molecule has 1 unspecified atom stereocenters. The number of piperidine rings is 1. The lowest BCUT2D eigenvalue weighted by Crippen LogP contribution is -2.41. The number of thioether (sulfide) groups is 1. The number of carbonyl (C=O) groups excluding carboxylic acids is 1. The molecule has 0 N–H and O–H groups in total. The zero-order chi connectivity index (χ0) is 20.8. The predicted octanol–water partition coefficient (Wildman–Crippen LogP) is 4.49. The Morgan fingerprint density at radius 1 is 1.24 bits per heavy atom. The minimum atomic E-state index is -0.170. The van der Waals surface area contributed by atoms with Crippen molar-refractivity contribution < 1.29 is 9.53 Å². The lowest BCUT2D eigenvalue weighted by atomic mass is 9.99. The molecule has 0 radical (unpaired) electrons. The zero-order valence-corrected chi connectivity index (χ0v) is 18.7. The monoisotopic (exact) mass is 416 g/mol. The summed E-state index contributed by atoms with van der Waals surface area (Å²) >= 11 is 1.52. The van der Waals surface area contributed by atoms with Crippen molar-refractivity contribution in [1.82, 2.24) is 19.7 Å². The van der Waals surface area contributed by atoms with Crippen molar-refractivity contribution in [2.75, 3.05) is 20.2 Å². The van der Waals surface area contributed by atoms with Crippen molar-refractivity contribution in [2.45, 2.75) is 63.4 Å². The van der Waals surface area contributed by atoms with Gasteiger partial charge in [0.1, 0.15) is 5.75 Å². The quantitative estimate of drug-likeness (QED) is 0.593. The van der Waals surface area contributed by atoms with Crippen LogP contribution in [0.3, 0.4) is 0 Å². The number of benzene rings is 1. The van der Waals surface area contributed by atoms with Crippen LogP contribution in [-0.4, -0.2) is 51.0 Å². The van der Waals surface area contributed by atoms with Crippen molar-refractivity contribution in [3.8, 4) is 17.1 Å². The van der Waals surface area contributed by atoms with Crippen LogP contribution < -0.4 is 4.74 Å². The molecule has 3 rings (SSSR count). The SMILES string of the molecule is CCCCn1c(SC(C)C(=O)N2CCC(C)CC2)nnc1-c1ccc(OC)cc1. The minimum Gasteiger partial charge on any atom is -0.497 e. The van der Waals surface area contributed by atoms with Gasteiger partial charge in [-0.25, -0.2) is 0 Å². The van der Waals surface area contributed by atoms with Gasteiger partial charge >= 0.3 is 0 Å². The summed E-state index contributed by atoms with van der Waals surface area (Å²) in [6, 6.07) is 7.88. The Kier molecular flexibility index (Phi) is 7.58. The number of hydrogen-bond donors (Lipinski definition) is 0. The molecular weight excluding hydrogens is 384 g/mol. The minimum absolute atomic E-state index is 0.170. The first-order valence-electron chi connectivity index (χ1n) is 10.6. The van der Waals surface area contributed by atoms with Gasteiger partial charge in [0.15, 0.2) is 11.0 Å². The highest BCUT2D eigenvalue weighted by atomic mass is 32.2. The fraction of sp³-hybridized carbons (Fsp3) is 0.591. The number of nitrogens with zero attached hydrogens (tertiary/aromatic N) is 4. The number of likely N-dealkylation sites (tertiary alicyclic amines) is 1. The summed E-state index contributed by atoms with van der Waals surface area (Å²) in [5.41, 5.74) is 1.00. The third-order valence-electron chi connectivity index (χ3n) is 5.53. The second kappa shape index (κ2) is 10.1. The average Bonchev–Trinajstić information content (AvgIpc) is 3.14. The van der Waals surface area contributed by atoms with Gasteiger partial charge in [-0.1, -0.05) is 32.0 Å². The van der Waals surface area contributed by atoms with Crippen molar-refractivity contribution in [3.05, 3.63) is 24.3 Å². The highest BCUT2D eigenvalue weighted by Gasteiger charge is 2.27. The van der Waals surface area contributed by atoms with Crippen LogP contribution in [0.1, 0.15) is 46.5 Å². The molecule has 158 valence electrons. The zero-order valence-electron chi connectivity index (χ0n) is 17.9. The number of rotatable bonds is 8. The second-order valence-corrected chi connectivity index (χ2v) is 9.12. The van der Waals surface area contributed by atoms with E-state index < -0.39 is 0 Å². The van der Waals surface area contributed by atoms with Crippen LogP contribution in [0.15, 0.2) is 29.4 Å². The van der Waals surface area contributed by atoms with E-state index in [1.165, 1.54) is 11.8 Å². The Morgan fingerprint density at radius 2 is 1.93 bits per heavy atom. The molecule has 1 aliphatic heterocycles. The largest absolute Gasteiger partial charge is 0.497 e. The summed E-state index contributed by atoms with van der Waals surface area (Å²) in [4.78, 5) is 14.9.